The van der Waals surface area contributed by atoms with Crippen LogP contribution in [-0.2, 0) is 6.54 Å². The van der Waals surface area contributed by atoms with Crippen LogP contribution in [0.25, 0.3) is 10.8 Å². The van der Waals surface area contributed by atoms with Gasteiger partial charge in [0.1, 0.15) is 5.75 Å². The average Bonchev–Trinajstić information content (AvgIpc) is 2.72. The highest BCUT2D eigenvalue weighted by atomic mass is 16.5. The summed E-state index contributed by atoms with van der Waals surface area (Å²) >= 11 is 0. The molecule has 0 bridgehead atoms. The van der Waals surface area contributed by atoms with Gasteiger partial charge in [-0.15, -0.1) is 0 Å². The summed E-state index contributed by atoms with van der Waals surface area (Å²) in [6, 6.07) is 14.2. The smallest absolute Gasteiger partial charge is 0.276 e. The van der Waals surface area contributed by atoms with Crippen LogP contribution in [0, 0.1) is 0 Å². The number of nitrogens with zero attached hydrogens (tertiary/aromatic N) is 2. The van der Waals surface area contributed by atoms with E-state index in [-0.39, 0.29) is 17.2 Å². The lowest BCUT2D eigenvalue weighted by atomic mass is 10.1. The van der Waals surface area contributed by atoms with E-state index in [1.807, 2.05) is 0 Å². The second-order valence-electron chi connectivity index (χ2n) is 6.67. The Bertz CT molecular complexity index is 1030. The van der Waals surface area contributed by atoms with Gasteiger partial charge in [-0.3, -0.25) is 9.59 Å². The summed E-state index contributed by atoms with van der Waals surface area (Å²) in [6.07, 6.45) is 4.12. The second-order valence-corrected chi connectivity index (χ2v) is 6.67. The number of rotatable bonds is 8. The molecule has 1 aromatic heterocycles. The molecule has 0 fully saturated rings. The van der Waals surface area contributed by atoms with Crippen molar-refractivity contribution in [2.45, 2.75) is 39.2 Å². The minimum atomic E-state index is -0.355. The molecule has 0 aliphatic rings. The van der Waals surface area contributed by atoms with Gasteiger partial charge in [0.25, 0.3) is 11.5 Å². The van der Waals surface area contributed by atoms with E-state index in [9.17, 15) is 9.59 Å². The highest BCUT2D eigenvalue weighted by molar-refractivity contribution is 6.11. The summed E-state index contributed by atoms with van der Waals surface area (Å²) in [5.74, 6) is 0.295. The Morgan fingerprint density at radius 3 is 2.61 bits per heavy atom. The Labute approximate surface area is 164 Å². The first kappa shape index (κ1) is 19.6. The summed E-state index contributed by atoms with van der Waals surface area (Å²) in [7, 11) is 1.57. The highest BCUT2D eigenvalue weighted by Gasteiger charge is 2.17. The van der Waals surface area contributed by atoms with Crippen LogP contribution < -0.4 is 15.6 Å². The number of methoxy groups -OCH3 is 1. The van der Waals surface area contributed by atoms with Crippen LogP contribution in [0.2, 0.25) is 0 Å². The van der Waals surface area contributed by atoms with Gasteiger partial charge in [0.2, 0.25) is 0 Å². The van der Waals surface area contributed by atoms with Gasteiger partial charge < -0.3 is 10.1 Å². The molecule has 1 N–H and O–H groups in total. The molecule has 3 aromatic rings. The lowest BCUT2D eigenvalue weighted by Gasteiger charge is -2.12. The van der Waals surface area contributed by atoms with E-state index < -0.39 is 0 Å². The standard InChI is InChI=1S/C22H25N3O3/c1-3-4-5-8-14-25-22(27)19-13-7-6-12-18(19)20(24-25)21(26)23-16-10-9-11-17(15-16)28-2/h6-7,9-13,15H,3-5,8,14H2,1-2H3,(H,23,26). The van der Waals surface area contributed by atoms with Crippen LogP contribution in [0.1, 0.15) is 43.1 Å². The number of carbonyl (C=O) groups is 1. The number of unbranched alkanes of at least 4 members (excludes halogenated alkanes) is 3. The zero-order chi connectivity index (χ0) is 19.9. The maximum atomic E-state index is 12.9. The van der Waals surface area contributed by atoms with Crippen molar-refractivity contribution in [3.63, 3.8) is 0 Å². The Morgan fingerprint density at radius 2 is 1.86 bits per heavy atom. The summed E-state index contributed by atoms with van der Waals surface area (Å²) in [4.78, 5) is 25.7. The average molecular weight is 379 g/mol. The quantitative estimate of drug-likeness (QED) is 0.594. The van der Waals surface area contributed by atoms with Crippen molar-refractivity contribution in [3.8, 4) is 5.75 Å². The molecular formula is C22H25N3O3. The molecule has 0 radical (unpaired) electrons. The van der Waals surface area contributed by atoms with Crippen LogP contribution in [0.4, 0.5) is 5.69 Å². The molecule has 6 nitrogen and oxygen atoms in total. The minimum absolute atomic E-state index is 0.162. The zero-order valence-electron chi connectivity index (χ0n) is 16.3. The van der Waals surface area contributed by atoms with Crippen molar-refractivity contribution in [2.75, 3.05) is 12.4 Å². The van der Waals surface area contributed by atoms with E-state index in [1.54, 1.807) is 55.6 Å². The van der Waals surface area contributed by atoms with Gasteiger partial charge in [0.05, 0.1) is 12.5 Å². The molecule has 0 aliphatic carbocycles. The fourth-order valence-corrected chi connectivity index (χ4v) is 3.13. The van der Waals surface area contributed by atoms with Crippen molar-refractivity contribution in [2.24, 2.45) is 0 Å². The van der Waals surface area contributed by atoms with Gasteiger partial charge in [-0.2, -0.15) is 5.10 Å². The number of anilines is 1. The fraction of sp³-hybridized carbons (Fsp3) is 0.318. The molecule has 0 saturated heterocycles. The van der Waals surface area contributed by atoms with Crippen LogP contribution in [0.3, 0.4) is 0 Å². The highest BCUT2D eigenvalue weighted by Crippen LogP contribution is 2.19. The first-order valence-corrected chi connectivity index (χ1v) is 9.59. The second kappa shape index (κ2) is 9.17. The van der Waals surface area contributed by atoms with Crippen LogP contribution in [0.5, 0.6) is 5.75 Å². The third kappa shape index (κ3) is 4.39. The normalized spacial score (nSPS) is 10.8. The molecule has 146 valence electrons. The monoisotopic (exact) mass is 379 g/mol. The van der Waals surface area contributed by atoms with E-state index in [4.69, 9.17) is 4.74 Å². The number of benzene rings is 2. The molecule has 3 rings (SSSR count). The number of fused-ring (bicyclic) bond motifs is 1. The zero-order valence-corrected chi connectivity index (χ0v) is 16.3. The first-order valence-electron chi connectivity index (χ1n) is 9.59. The maximum absolute atomic E-state index is 12.9. The topological polar surface area (TPSA) is 73.2 Å². The van der Waals surface area contributed by atoms with Crippen molar-refractivity contribution in [3.05, 3.63) is 64.6 Å². The van der Waals surface area contributed by atoms with E-state index in [0.29, 0.717) is 28.8 Å². The third-order valence-corrected chi connectivity index (χ3v) is 4.63. The van der Waals surface area contributed by atoms with Crippen LogP contribution in [-0.4, -0.2) is 22.8 Å². The van der Waals surface area contributed by atoms with E-state index in [2.05, 4.69) is 17.3 Å². The number of amides is 1. The molecule has 1 heterocycles. The molecule has 2 aromatic carbocycles. The SMILES string of the molecule is CCCCCCn1nc(C(=O)Nc2cccc(OC)c2)c2ccccc2c1=O. The van der Waals surface area contributed by atoms with E-state index in [1.165, 1.54) is 4.68 Å². The van der Waals surface area contributed by atoms with Gasteiger partial charge in [-0.05, 0) is 24.6 Å². The summed E-state index contributed by atoms with van der Waals surface area (Å²) in [5.41, 5.74) is 0.689. The molecule has 6 heteroatoms. The number of ether oxygens (including phenoxy) is 1. The number of nitrogens with one attached hydrogen (secondary N) is 1. The van der Waals surface area contributed by atoms with Crippen molar-refractivity contribution in [1.29, 1.82) is 0 Å². The molecule has 1 amide bonds. The van der Waals surface area contributed by atoms with E-state index >= 15 is 0 Å². The molecule has 0 aliphatic heterocycles. The molecular weight excluding hydrogens is 354 g/mol. The third-order valence-electron chi connectivity index (χ3n) is 4.63. The largest absolute Gasteiger partial charge is 0.497 e. The van der Waals surface area contributed by atoms with Crippen LogP contribution in [0.15, 0.2) is 53.3 Å². The fourth-order valence-electron chi connectivity index (χ4n) is 3.13. The minimum Gasteiger partial charge on any atom is -0.497 e. The van der Waals surface area contributed by atoms with Crippen molar-refractivity contribution in [1.82, 2.24) is 9.78 Å². The van der Waals surface area contributed by atoms with Crippen molar-refractivity contribution >= 4 is 22.4 Å². The van der Waals surface area contributed by atoms with Crippen molar-refractivity contribution < 1.29 is 9.53 Å². The number of hydrogen-bond donors (Lipinski definition) is 1. The summed E-state index contributed by atoms with van der Waals surface area (Å²) in [6.45, 7) is 2.64. The van der Waals surface area contributed by atoms with Gasteiger partial charge in [0.15, 0.2) is 5.69 Å². The first-order chi connectivity index (χ1) is 13.6. The summed E-state index contributed by atoms with van der Waals surface area (Å²) < 4.78 is 6.61. The lowest BCUT2D eigenvalue weighted by Crippen LogP contribution is -2.27. The van der Waals surface area contributed by atoms with Gasteiger partial charge in [0, 0.05) is 23.7 Å². The van der Waals surface area contributed by atoms with Gasteiger partial charge >= 0.3 is 0 Å². The lowest BCUT2D eigenvalue weighted by molar-refractivity contribution is 0.102. The molecule has 0 saturated carbocycles. The Balaban J connectivity index is 1.95. The Kier molecular flexibility index (Phi) is 6.42. The van der Waals surface area contributed by atoms with Crippen LogP contribution >= 0.6 is 0 Å². The van der Waals surface area contributed by atoms with Gasteiger partial charge in [-0.25, -0.2) is 4.68 Å². The number of aromatic nitrogens is 2. The van der Waals surface area contributed by atoms with E-state index in [0.717, 1.165) is 25.7 Å². The predicted molar refractivity (Wildman–Crippen MR) is 111 cm³/mol. The summed E-state index contributed by atoms with van der Waals surface area (Å²) in [5, 5.41) is 8.31. The molecule has 0 unspecified atom stereocenters. The maximum Gasteiger partial charge on any atom is 0.276 e. The Morgan fingerprint density at radius 1 is 1.07 bits per heavy atom. The number of carbonyl (C=O) groups excluding carboxylic acids is 1. The number of aryl methyl sites for hydroxylation is 1. The Hall–Kier alpha value is -3.15. The molecule has 28 heavy (non-hydrogen) atoms. The predicted octanol–water partition coefficient (Wildman–Crippen LogP) is 4.24. The molecule has 0 atom stereocenters. The number of hydrogen-bond acceptors (Lipinski definition) is 4. The van der Waals surface area contributed by atoms with Gasteiger partial charge in [-0.1, -0.05) is 50.5 Å². The molecule has 0 spiro atoms.